The number of carbonyl (C=O) groups is 1. The lowest BCUT2D eigenvalue weighted by Gasteiger charge is -2.31. The smallest absolute Gasteiger partial charge is 0.245 e. The lowest BCUT2D eigenvalue weighted by atomic mass is 10.1. The highest BCUT2D eigenvalue weighted by atomic mass is 16.3. The van der Waals surface area contributed by atoms with Gasteiger partial charge >= 0.3 is 0 Å². The number of aromatic nitrogens is 1. The maximum Gasteiger partial charge on any atom is 0.245 e. The number of pyridine rings is 1. The number of fused-ring (bicyclic) bond motifs is 1. The maximum absolute atomic E-state index is 11.5. The van der Waals surface area contributed by atoms with Crippen LogP contribution in [-0.2, 0) is 4.79 Å². The fourth-order valence-corrected chi connectivity index (χ4v) is 1.79. The minimum absolute atomic E-state index is 0.0630. The summed E-state index contributed by atoms with van der Waals surface area (Å²) in [6, 6.07) is 3.76. The molecule has 0 saturated heterocycles. The van der Waals surface area contributed by atoms with Crippen molar-refractivity contribution in [2.75, 3.05) is 23.3 Å². The first-order valence-electron chi connectivity index (χ1n) is 5.68. The molecule has 0 spiro atoms. The van der Waals surface area contributed by atoms with E-state index in [1.54, 1.807) is 20.0 Å². The van der Waals surface area contributed by atoms with Gasteiger partial charge in [0.2, 0.25) is 5.91 Å². The Bertz CT molecular complexity index is 426. The summed E-state index contributed by atoms with van der Waals surface area (Å²) in [6.07, 6.45) is 2.26. The fourth-order valence-electron chi connectivity index (χ4n) is 1.79. The molecule has 0 unspecified atom stereocenters. The minimum Gasteiger partial charge on any atom is -0.390 e. The largest absolute Gasteiger partial charge is 0.390 e. The molecule has 1 aromatic heterocycles. The van der Waals surface area contributed by atoms with Crippen LogP contribution < -0.4 is 10.2 Å². The SMILES string of the molecule is CC(C)(O)CCN1CC(=O)Nc2ncccc21. The van der Waals surface area contributed by atoms with Crippen LogP contribution in [0.2, 0.25) is 0 Å². The third-order valence-electron chi connectivity index (χ3n) is 2.71. The van der Waals surface area contributed by atoms with Crippen molar-refractivity contribution in [3.8, 4) is 0 Å². The first kappa shape index (κ1) is 11.9. The summed E-state index contributed by atoms with van der Waals surface area (Å²) in [4.78, 5) is 17.6. The van der Waals surface area contributed by atoms with Crippen LogP contribution in [0.25, 0.3) is 0 Å². The monoisotopic (exact) mass is 235 g/mol. The second-order valence-electron chi connectivity index (χ2n) is 4.90. The quantitative estimate of drug-likeness (QED) is 0.820. The van der Waals surface area contributed by atoms with Gasteiger partial charge in [-0.15, -0.1) is 0 Å². The molecule has 1 amide bonds. The van der Waals surface area contributed by atoms with Crippen molar-refractivity contribution in [2.24, 2.45) is 0 Å². The Kier molecular flexibility index (Phi) is 3.02. The second-order valence-corrected chi connectivity index (χ2v) is 4.90. The molecule has 2 N–H and O–H groups in total. The Balaban J connectivity index is 2.15. The van der Waals surface area contributed by atoms with E-state index in [0.29, 0.717) is 25.3 Å². The number of nitrogens with zero attached hydrogens (tertiary/aromatic N) is 2. The predicted octanol–water partition coefficient (Wildman–Crippen LogP) is 1.00. The van der Waals surface area contributed by atoms with Crippen molar-refractivity contribution in [1.82, 2.24) is 4.98 Å². The van der Waals surface area contributed by atoms with Crippen LogP contribution in [0.15, 0.2) is 18.3 Å². The molecule has 0 aliphatic carbocycles. The summed E-state index contributed by atoms with van der Waals surface area (Å²) in [5.41, 5.74) is 0.187. The summed E-state index contributed by atoms with van der Waals surface area (Å²) < 4.78 is 0. The highest BCUT2D eigenvalue weighted by molar-refractivity contribution is 5.99. The first-order chi connectivity index (χ1) is 7.96. The highest BCUT2D eigenvalue weighted by Gasteiger charge is 2.24. The van der Waals surface area contributed by atoms with E-state index in [1.165, 1.54) is 0 Å². The van der Waals surface area contributed by atoms with Crippen molar-refractivity contribution < 1.29 is 9.90 Å². The molecule has 1 aliphatic rings. The molecule has 0 fully saturated rings. The molecule has 2 rings (SSSR count). The molecular formula is C12H17N3O2. The average Bonchev–Trinajstić information content (AvgIpc) is 2.24. The fraction of sp³-hybridized carbons (Fsp3) is 0.500. The Labute approximate surface area is 100 Å². The van der Waals surface area contributed by atoms with Crippen molar-refractivity contribution in [3.05, 3.63) is 18.3 Å². The molecule has 1 aromatic rings. The molecule has 0 bridgehead atoms. The molecule has 0 atom stereocenters. The molecule has 1 aliphatic heterocycles. The minimum atomic E-state index is -0.726. The zero-order valence-corrected chi connectivity index (χ0v) is 10.1. The van der Waals surface area contributed by atoms with Gasteiger partial charge in [0.1, 0.15) is 0 Å². The van der Waals surface area contributed by atoms with Gasteiger partial charge in [0.15, 0.2) is 5.82 Å². The number of aliphatic hydroxyl groups is 1. The Morgan fingerprint density at radius 1 is 1.59 bits per heavy atom. The number of carbonyl (C=O) groups excluding carboxylic acids is 1. The zero-order valence-electron chi connectivity index (χ0n) is 10.1. The lowest BCUT2D eigenvalue weighted by molar-refractivity contribution is -0.115. The van der Waals surface area contributed by atoms with Crippen molar-refractivity contribution >= 4 is 17.4 Å². The van der Waals surface area contributed by atoms with Crippen LogP contribution in [0.3, 0.4) is 0 Å². The first-order valence-corrected chi connectivity index (χ1v) is 5.68. The standard InChI is InChI=1S/C12H17N3O2/c1-12(2,17)5-7-15-8-10(16)14-11-9(15)4-3-6-13-11/h3-4,6,17H,5,7-8H2,1-2H3,(H,13,14,16). The van der Waals surface area contributed by atoms with Gasteiger partial charge in [-0.2, -0.15) is 0 Å². The Hall–Kier alpha value is -1.62. The van der Waals surface area contributed by atoms with Crippen molar-refractivity contribution in [3.63, 3.8) is 0 Å². The van der Waals surface area contributed by atoms with E-state index in [9.17, 15) is 9.90 Å². The lowest BCUT2D eigenvalue weighted by Crippen LogP contribution is -2.41. The third-order valence-corrected chi connectivity index (χ3v) is 2.71. The van der Waals surface area contributed by atoms with Crippen molar-refractivity contribution in [2.45, 2.75) is 25.9 Å². The van der Waals surface area contributed by atoms with Crippen LogP contribution in [-0.4, -0.2) is 34.7 Å². The van der Waals surface area contributed by atoms with Gasteiger partial charge in [-0.1, -0.05) is 0 Å². The van der Waals surface area contributed by atoms with Gasteiger partial charge in [0, 0.05) is 12.7 Å². The van der Waals surface area contributed by atoms with Gasteiger partial charge < -0.3 is 15.3 Å². The molecule has 0 aromatic carbocycles. The summed E-state index contributed by atoms with van der Waals surface area (Å²) in [5.74, 6) is 0.534. The number of hydrogen-bond acceptors (Lipinski definition) is 4. The van der Waals surface area contributed by atoms with E-state index in [0.717, 1.165) is 5.69 Å². The topological polar surface area (TPSA) is 65.5 Å². The van der Waals surface area contributed by atoms with Gasteiger partial charge in [0.05, 0.1) is 17.8 Å². The normalized spacial score (nSPS) is 15.5. The Morgan fingerprint density at radius 2 is 2.35 bits per heavy atom. The zero-order chi connectivity index (χ0) is 12.5. The summed E-state index contributed by atoms with van der Waals surface area (Å²) in [5, 5.41) is 12.5. The van der Waals surface area contributed by atoms with E-state index in [4.69, 9.17) is 0 Å². The number of anilines is 2. The predicted molar refractivity (Wildman–Crippen MR) is 66.0 cm³/mol. The molecule has 0 saturated carbocycles. The molecule has 5 heteroatoms. The van der Waals surface area contributed by atoms with Gasteiger partial charge in [-0.25, -0.2) is 4.98 Å². The molecular weight excluding hydrogens is 218 g/mol. The Morgan fingerprint density at radius 3 is 3.06 bits per heavy atom. The van der Waals surface area contributed by atoms with Crippen LogP contribution in [0, 0.1) is 0 Å². The number of hydrogen-bond donors (Lipinski definition) is 2. The molecule has 5 nitrogen and oxygen atoms in total. The molecule has 92 valence electrons. The van der Waals surface area contributed by atoms with Gasteiger partial charge in [-0.3, -0.25) is 4.79 Å². The number of rotatable bonds is 3. The molecule has 2 heterocycles. The van der Waals surface area contributed by atoms with E-state index in [2.05, 4.69) is 10.3 Å². The number of nitrogens with one attached hydrogen (secondary N) is 1. The van der Waals surface area contributed by atoms with Gasteiger partial charge in [-0.05, 0) is 32.4 Å². The molecule has 17 heavy (non-hydrogen) atoms. The van der Waals surface area contributed by atoms with E-state index >= 15 is 0 Å². The summed E-state index contributed by atoms with van der Waals surface area (Å²) >= 11 is 0. The summed E-state index contributed by atoms with van der Waals surface area (Å²) in [7, 11) is 0. The third kappa shape index (κ3) is 2.94. The van der Waals surface area contributed by atoms with Crippen LogP contribution in [0.5, 0.6) is 0 Å². The highest BCUT2D eigenvalue weighted by Crippen LogP contribution is 2.27. The van der Waals surface area contributed by atoms with Crippen LogP contribution in [0.1, 0.15) is 20.3 Å². The summed E-state index contributed by atoms with van der Waals surface area (Å²) in [6.45, 7) is 4.48. The molecule has 0 radical (unpaired) electrons. The van der Waals surface area contributed by atoms with E-state index < -0.39 is 5.60 Å². The van der Waals surface area contributed by atoms with Gasteiger partial charge in [0.25, 0.3) is 0 Å². The van der Waals surface area contributed by atoms with Crippen LogP contribution in [0.4, 0.5) is 11.5 Å². The number of amides is 1. The maximum atomic E-state index is 11.5. The van der Waals surface area contributed by atoms with Crippen LogP contribution >= 0.6 is 0 Å². The van der Waals surface area contributed by atoms with E-state index in [-0.39, 0.29) is 5.91 Å². The second kappa shape index (κ2) is 4.33. The average molecular weight is 235 g/mol. The van der Waals surface area contributed by atoms with E-state index in [1.807, 2.05) is 17.0 Å². The van der Waals surface area contributed by atoms with Crippen molar-refractivity contribution in [1.29, 1.82) is 0 Å².